The Morgan fingerprint density at radius 1 is 1.53 bits per heavy atom. The van der Waals surface area contributed by atoms with Gasteiger partial charge in [-0.3, -0.25) is 11.3 Å². The molecule has 1 aliphatic heterocycles. The zero-order chi connectivity index (χ0) is 10.7. The Morgan fingerprint density at radius 2 is 2.33 bits per heavy atom. The van der Waals surface area contributed by atoms with Crippen molar-refractivity contribution in [2.45, 2.75) is 42.4 Å². The van der Waals surface area contributed by atoms with Gasteiger partial charge in [-0.2, -0.15) is 0 Å². The van der Waals surface area contributed by atoms with Crippen LogP contribution in [-0.4, -0.2) is 11.3 Å². The van der Waals surface area contributed by atoms with E-state index in [1.165, 1.54) is 16.9 Å². The molecule has 0 bridgehead atoms. The molecule has 0 spiro atoms. The van der Waals surface area contributed by atoms with E-state index in [0.717, 1.165) is 12.8 Å². The van der Waals surface area contributed by atoms with Gasteiger partial charge in [0.05, 0.1) is 0 Å². The highest BCUT2D eigenvalue weighted by Crippen LogP contribution is 2.38. The van der Waals surface area contributed by atoms with Gasteiger partial charge in [-0.05, 0) is 24.5 Å². The maximum absolute atomic E-state index is 5.61. The van der Waals surface area contributed by atoms with Crippen molar-refractivity contribution in [1.29, 1.82) is 0 Å². The third-order valence-electron chi connectivity index (χ3n) is 2.93. The Labute approximate surface area is 95.6 Å². The minimum absolute atomic E-state index is 0.437. The SMILES string of the molecule is CCCC(NN)C1Cc2ccccc2S1. The molecule has 82 valence electrons. The van der Waals surface area contributed by atoms with Gasteiger partial charge < -0.3 is 0 Å². The van der Waals surface area contributed by atoms with E-state index in [1.54, 1.807) is 0 Å². The molecule has 15 heavy (non-hydrogen) atoms. The summed E-state index contributed by atoms with van der Waals surface area (Å²) in [6.45, 7) is 2.21. The number of rotatable bonds is 4. The number of thioether (sulfide) groups is 1. The maximum atomic E-state index is 5.61. The molecule has 2 unspecified atom stereocenters. The lowest BCUT2D eigenvalue weighted by Crippen LogP contribution is -2.42. The van der Waals surface area contributed by atoms with E-state index < -0.39 is 0 Å². The van der Waals surface area contributed by atoms with Crippen LogP contribution < -0.4 is 11.3 Å². The molecule has 0 saturated carbocycles. The second-order valence-corrected chi connectivity index (χ2v) is 5.31. The van der Waals surface area contributed by atoms with E-state index in [2.05, 4.69) is 36.6 Å². The minimum atomic E-state index is 0.437. The first-order valence-electron chi connectivity index (χ1n) is 5.56. The highest BCUT2D eigenvalue weighted by atomic mass is 32.2. The van der Waals surface area contributed by atoms with Crippen LogP contribution in [0.15, 0.2) is 29.2 Å². The van der Waals surface area contributed by atoms with Gasteiger partial charge in [-0.1, -0.05) is 31.5 Å². The number of fused-ring (bicyclic) bond motifs is 1. The molecule has 2 nitrogen and oxygen atoms in total. The number of hydrazine groups is 1. The van der Waals surface area contributed by atoms with Gasteiger partial charge in [-0.15, -0.1) is 11.8 Å². The first-order valence-corrected chi connectivity index (χ1v) is 6.43. The van der Waals surface area contributed by atoms with Crippen LogP contribution in [0.1, 0.15) is 25.3 Å². The van der Waals surface area contributed by atoms with Crippen molar-refractivity contribution in [2.75, 3.05) is 0 Å². The lowest BCUT2D eigenvalue weighted by Gasteiger charge is -2.20. The predicted molar refractivity (Wildman–Crippen MR) is 65.8 cm³/mol. The Bertz CT molecular complexity index is 302. The summed E-state index contributed by atoms with van der Waals surface area (Å²) in [6, 6.07) is 9.10. The topological polar surface area (TPSA) is 38.0 Å². The fourth-order valence-electron chi connectivity index (χ4n) is 2.12. The third-order valence-corrected chi connectivity index (χ3v) is 4.38. The summed E-state index contributed by atoms with van der Waals surface area (Å²) < 4.78 is 0. The Morgan fingerprint density at radius 3 is 3.00 bits per heavy atom. The molecule has 2 rings (SSSR count). The van der Waals surface area contributed by atoms with Crippen LogP contribution in [0.25, 0.3) is 0 Å². The van der Waals surface area contributed by atoms with Crippen molar-refractivity contribution in [1.82, 2.24) is 5.43 Å². The Balaban J connectivity index is 2.05. The van der Waals surface area contributed by atoms with Crippen LogP contribution in [-0.2, 0) is 6.42 Å². The van der Waals surface area contributed by atoms with Gasteiger partial charge >= 0.3 is 0 Å². The molecule has 0 radical (unpaired) electrons. The van der Waals surface area contributed by atoms with Gasteiger partial charge in [0.1, 0.15) is 0 Å². The summed E-state index contributed by atoms with van der Waals surface area (Å²) >= 11 is 1.97. The summed E-state index contributed by atoms with van der Waals surface area (Å²) in [5.41, 5.74) is 4.43. The molecule has 0 amide bonds. The zero-order valence-corrected chi connectivity index (χ0v) is 9.89. The first-order chi connectivity index (χ1) is 7.35. The molecule has 1 aliphatic rings. The Kier molecular flexibility index (Phi) is 3.67. The Hall–Kier alpha value is -0.510. The van der Waals surface area contributed by atoms with Crippen molar-refractivity contribution in [3.63, 3.8) is 0 Å². The molecular weight excluding hydrogens is 204 g/mol. The van der Waals surface area contributed by atoms with Gasteiger partial charge in [0, 0.05) is 16.2 Å². The average molecular weight is 222 g/mol. The lowest BCUT2D eigenvalue weighted by molar-refractivity contribution is 0.473. The molecule has 3 N–H and O–H groups in total. The molecule has 0 fully saturated rings. The van der Waals surface area contributed by atoms with Gasteiger partial charge in [0.15, 0.2) is 0 Å². The molecule has 1 heterocycles. The van der Waals surface area contributed by atoms with Crippen LogP contribution in [0.3, 0.4) is 0 Å². The van der Waals surface area contributed by atoms with Gasteiger partial charge in [0.2, 0.25) is 0 Å². The predicted octanol–water partition coefficient (Wildman–Crippen LogP) is 2.34. The van der Waals surface area contributed by atoms with E-state index in [9.17, 15) is 0 Å². The van der Waals surface area contributed by atoms with Gasteiger partial charge in [0.25, 0.3) is 0 Å². The van der Waals surface area contributed by atoms with E-state index in [1.807, 2.05) is 11.8 Å². The smallest absolute Gasteiger partial charge is 0.0336 e. The highest BCUT2D eigenvalue weighted by Gasteiger charge is 2.27. The number of hydrogen-bond donors (Lipinski definition) is 2. The number of hydrogen-bond acceptors (Lipinski definition) is 3. The summed E-state index contributed by atoms with van der Waals surface area (Å²) in [5, 5.41) is 0.604. The third kappa shape index (κ3) is 2.36. The standard InChI is InChI=1S/C12H18N2S/c1-2-5-10(14-13)12-8-9-6-3-4-7-11(9)15-12/h3-4,6-7,10,12,14H,2,5,8,13H2,1H3. The van der Waals surface area contributed by atoms with Crippen molar-refractivity contribution in [2.24, 2.45) is 5.84 Å². The lowest BCUT2D eigenvalue weighted by atomic mass is 10.0. The van der Waals surface area contributed by atoms with Crippen LogP contribution >= 0.6 is 11.8 Å². The monoisotopic (exact) mass is 222 g/mol. The largest absolute Gasteiger partial charge is 0.271 e. The number of nitrogens with two attached hydrogens (primary N) is 1. The molecular formula is C12H18N2S. The second kappa shape index (κ2) is 5.01. The molecule has 2 atom stereocenters. The van der Waals surface area contributed by atoms with E-state index in [4.69, 9.17) is 5.84 Å². The van der Waals surface area contributed by atoms with E-state index in [0.29, 0.717) is 11.3 Å². The number of benzene rings is 1. The van der Waals surface area contributed by atoms with Crippen LogP contribution in [0.2, 0.25) is 0 Å². The van der Waals surface area contributed by atoms with Crippen LogP contribution in [0.4, 0.5) is 0 Å². The van der Waals surface area contributed by atoms with Crippen molar-refractivity contribution < 1.29 is 0 Å². The molecule has 1 aromatic carbocycles. The summed E-state index contributed by atoms with van der Waals surface area (Å²) in [6.07, 6.45) is 3.49. The highest BCUT2D eigenvalue weighted by molar-refractivity contribution is 8.00. The fourth-order valence-corrected chi connectivity index (χ4v) is 3.55. The van der Waals surface area contributed by atoms with Crippen molar-refractivity contribution >= 4 is 11.8 Å². The molecule has 0 saturated heterocycles. The zero-order valence-electron chi connectivity index (χ0n) is 9.07. The summed E-state index contributed by atoms with van der Waals surface area (Å²) in [7, 11) is 0. The molecule has 3 heteroatoms. The summed E-state index contributed by atoms with van der Waals surface area (Å²) in [4.78, 5) is 1.43. The van der Waals surface area contributed by atoms with Crippen molar-refractivity contribution in [3.8, 4) is 0 Å². The molecule has 1 aromatic rings. The number of nitrogens with one attached hydrogen (secondary N) is 1. The quantitative estimate of drug-likeness (QED) is 0.606. The fraction of sp³-hybridized carbons (Fsp3) is 0.500. The summed E-state index contributed by atoms with van der Waals surface area (Å²) in [5.74, 6) is 5.61. The van der Waals surface area contributed by atoms with Gasteiger partial charge in [-0.25, -0.2) is 0 Å². The minimum Gasteiger partial charge on any atom is -0.271 e. The van der Waals surface area contributed by atoms with E-state index in [-0.39, 0.29) is 0 Å². The average Bonchev–Trinajstić information content (AvgIpc) is 2.69. The molecule has 0 aromatic heterocycles. The first kappa shape index (κ1) is 11.0. The van der Waals surface area contributed by atoms with Crippen LogP contribution in [0.5, 0.6) is 0 Å². The van der Waals surface area contributed by atoms with Crippen molar-refractivity contribution in [3.05, 3.63) is 29.8 Å². The maximum Gasteiger partial charge on any atom is 0.0336 e. The van der Waals surface area contributed by atoms with E-state index >= 15 is 0 Å². The second-order valence-electron chi connectivity index (χ2n) is 4.03. The normalized spacial score (nSPS) is 21.3. The molecule has 0 aliphatic carbocycles. The van der Waals surface area contributed by atoms with Crippen LogP contribution in [0, 0.1) is 0 Å².